The van der Waals surface area contributed by atoms with E-state index in [1.807, 2.05) is 20.8 Å². The van der Waals surface area contributed by atoms with E-state index >= 15 is 0 Å². The zero-order chi connectivity index (χ0) is 12.9. The Morgan fingerprint density at radius 1 is 1.53 bits per heavy atom. The van der Waals surface area contributed by atoms with Gasteiger partial charge in [-0.05, 0) is 40.2 Å². The Kier molecular flexibility index (Phi) is 5.21. The molecule has 0 aromatic heterocycles. The molecule has 1 saturated heterocycles. The van der Waals surface area contributed by atoms with Crippen LogP contribution in [0.1, 0.15) is 40.0 Å². The quantitative estimate of drug-likeness (QED) is 0.693. The van der Waals surface area contributed by atoms with Crippen LogP contribution in [0.3, 0.4) is 0 Å². The number of piperidine rings is 1. The molecular weight excluding hydrogens is 220 g/mol. The lowest BCUT2D eigenvalue weighted by molar-refractivity contribution is 0.0459. The minimum Gasteiger partial charge on any atom is -0.444 e. The fraction of sp³-hybridized carbons (Fsp3) is 0.917. The molecule has 1 amide bonds. The Balaban J connectivity index is 2.42. The van der Waals surface area contributed by atoms with E-state index < -0.39 is 11.7 Å². The lowest BCUT2D eigenvalue weighted by Crippen LogP contribution is -2.54. The molecule has 2 atom stereocenters. The Labute approximate surface area is 103 Å². The monoisotopic (exact) mass is 244 g/mol. The van der Waals surface area contributed by atoms with Crippen molar-refractivity contribution >= 4 is 6.09 Å². The predicted molar refractivity (Wildman–Crippen MR) is 65.9 cm³/mol. The highest BCUT2D eigenvalue weighted by molar-refractivity contribution is 5.68. The van der Waals surface area contributed by atoms with Crippen LogP contribution in [0.4, 0.5) is 4.79 Å². The van der Waals surface area contributed by atoms with Gasteiger partial charge < -0.3 is 20.5 Å². The summed E-state index contributed by atoms with van der Waals surface area (Å²) in [6.45, 7) is 6.33. The molecule has 1 fully saturated rings. The van der Waals surface area contributed by atoms with Gasteiger partial charge in [-0.15, -0.1) is 0 Å². The lowest BCUT2D eigenvalue weighted by atomic mass is 9.98. The van der Waals surface area contributed by atoms with Crippen molar-refractivity contribution in [3.63, 3.8) is 0 Å². The maximum absolute atomic E-state index is 11.6. The Morgan fingerprint density at radius 3 is 2.71 bits per heavy atom. The van der Waals surface area contributed by atoms with Crippen molar-refractivity contribution in [2.45, 2.75) is 57.7 Å². The summed E-state index contributed by atoms with van der Waals surface area (Å²) in [5, 5.41) is 15.3. The summed E-state index contributed by atoms with van der Waals surface area (Å²) in [4.78, 5) is 11.6. The van der Waals surface area contributed by atoms with Gasteiger partial charge in [-0.1, -0.05) is 6.42 Å². The molecule has 1 rings (SSSR count). The first kappa shape index (κ1) is 14.3. The van der Waals surface area contributed by atoms with Gasteiger partial charge in [0.1, 0.15) is 5.60 Å². The topological polar surface area (TPSA) is 70.6 Å². The number of amides is 1. The highest BCUT2D eigenvalue weighted by Crippen LogP contribution is 2.12. The van der Waals surface area contributed by atoms with Crippen molar-refractivity contribution in [2.75, 3.05) is 13.2 Å². The normalized spacial score (nSPS) is 22.9. The van der Waals surface area contributed by atoms with Crippen molar-refractivity contribution in [1.29, 1.82) is 0 Å². The number of hydrogen-bond acceptors (Lipinski definition) is 4. The maximum atomic E-state index is 11.6. The van der Waals surface area contributed by atoms with Gasteiger partial charge in [-0.25, -0.2) is 4.79 Å². The van der Waals surface area contributed by atoms with Crippen LogP contribution in [0, 0.1) is 0 Å². The second-order valence-corrected chi connectivity index (χ2v) is 5.49. The third-order valence-corrected chi connectivity index (χ3v) is 2.73. The smallest absolute Gasteiger partial charge is 0.408 e. The Morgan fingerprint density at radius 2 is 2.24 bits per heavy atom. The molecule has 2 unspecified atom stereocenters. The van der Waals surface area contributed by atoms with Crippen molar-refractivity contribution in [1.82, 2.24) is 10.6 Å². The largest absolute Gasteiger partial charge is 0.444 e. The predicted octanol–water partition coefficient (Wildman–Crippen LogP) is 1.01. The zero-order valence-corrected chi connectivity index (χ0v) is 11.0. The molecule has 1 aliphatic rings. The summed E-state index contributed by atoms with van der Waals surface area (Å²) in [6.07, 6.45) is 2.79. The second kappa shape index (κ2) is 6.21. The first-order chi connectivity index (χ1) is 7.92. The zero-order valence-electron chi connectivity index (χ0n) is 11.0. The van der Waals surface area contributed by atoms with E-state index in [-0.39, 0.29) is 18.7 Å². The molecule has 0 radical (unpaired) electrons. The summed E-state index contributed by atoms with van der Waals surface area (Å²) in [7, 11) is 0. The molecule has 5 heteroatoms. The fourth-order valence-electron chi connectivity index (χ4n) is 1.95. The summed E-state index contributed by atoms with van der Waals surface area (Å²) < 4.78 is 5.17. The first-order valence-electron chi connectivity index (χ1n) is 6.26. The fourth-order valence-corrected chi connectivity index (χ4v) is 1.95. The molecule has 1 heterocycles. The van der Waals surface area contributed by atoms with Crippen LogP contribution in [-0.4, -0.2) is 42.0 Å². The number of aliphatic hydroxyl groups is 1. The van der Waals surface area contributed by atoms with E-state index in [2.05, 4.69) is 10.6 Å². The highest BCUT2D eigenvalue weighted by Gasteiger charge is 2.26. The van der Waals surface area contributed by atoms with E-state index in [0.717, 1.165) is 25.8 Å². The number of aliphatic hydroxyl groups excluding tert-OH is 1. The van der Waals surface area contributed by atoms with Crippen LogP contribution in [0.5, 0.6) is 0 Å². The minimum absolute atomic E-state index is 0.0725. The molecule has 100 valence electrons. The molecule has 0 aromatic rings. The van der Waals surface area contributed by atoms with Crippen LogP contribution < -0.4 is 10.6 Å². The maximum Gasteiger partial charge on any atom is 0.408 e. The van der Waals surface area contributed by atoms with Crippen LogP contribution >= 0.6 is 0 Å². The van der Waals surface area contributed by atoms with E-state index in [0.29, 0.717) is 0 Å². The van der Waals surface area contributed by atoms with Crippen molar-refractivity contribution < 1.29 is 14.6 Å². The van der Waals surface area contributed by atoms with Crippen LogP contribution in [0.25, 0.3) is 0 Å². The van der Waals surface area contributed by atoms with Crippen molar-refractivity contribution in [3.05, 3.63) is 0 Å². The number of hydrogen-bond donors (Lipinski definition) is 3. The number of rotatable bonds is 3. The Hall–Kier alpha value is -0.810. The van der Waals surface area contributed by atoms with Gasteiger partial charge >= 0.3 is 6.09 Å². The lowest BCUT2D eigenvalue weighted by Gasteiger charge is -2.31. The van der Waals surface area contributed by atoms with Gasteiger partial charge in [0.15, 0.2) is 0 Å². The van der Waals surface area contributed by atoms with Gasteiger partial charge in [0.05, 0.1) is 12.6 Å². The van der Waals surface area contributed by atoms with Crippen LogP contribution in [0.15, 0.2) is 0 Å². The minimum atomic E-state index is -0.510. The van der Waals surface area contributed by atoms with Gasteiger partial charge in [0.2, 0.25) is 0 Å². The number of carbonyl (C=O) groups is 1. The molecule has 1 aliphatic heterocycles. The average molecular weight is 244 g/mol. The Bertz CT molecular complexity index is 245. The van der Waals surface area contributed by atoms with Crippen molar-refractivity contribution in [2.24, 2.45) is 0 Å². The van der Waals surface area contributed by atoms with Crippen molar-refractivity contribution in [3.8, 4) is 0 Å². The average Bonchev–Trinajstić information content (AvgIpc) is 2.24. The summed E-state index contributed by atoms with van der Waals surface area (Å²) in [5.74, 6) is 0. The van der Waals surface area contributed by atoms with Crippen LogP contribution in [-0.2, 0) is 4.74 Å². The summed E-state index contributed by atoms with van der Waals surface area (Å²) >= 11 is 0. The van der Waals surface area contributed by atoms with E-state index in [4.69, 9.17) is 4.74 Å². The molecule has 0 aliphatic carbocycles. The number of ether oxygens (including phenoxy) is 1. The van der Waals surface area contributed by atoms with E-state index in [9.17, 15) is 9.90 Å². The summed E-state index contributed by atoms with van der Waals surface area (Å²) in [6, 6.07) is -0.133. The molecule has 17 heavy (non-hydrogen) atoms. The number of nitrogens with one attached hydrogen (secondary N) is 2. The third-order valence-electron chi connectivity index (χ3n) is 2.73. The molecule has 0 spiro atoms. The summed E-state index contributed by atoms with van der Waals surface area (Å²) in [5.41, 5.74) is -0.510. The van der Waals surface area contributed by atoms with Crippen LogP contribution in [0.2, 0.25) is 0 Å². The van der Waals surface area contributed by atoms with E-state index in [1.165, 1.54) is 0 Å². The molecule has 0 saturated carbocycles. The van der Waals surface area contributed by atoms with Gasteiger partial charge in [-0.2, -0.15) is 0 Å². The molecule has 0 bridgehead atoms. The molecule has 0 aromatic carbocycles. The standard InChI is InChI=1S/C12H24N2O3/c1-12(2,3)17-11(16)14-10(8-15)9-6-4-5-7-13-9/h9-10,13,15H,4-8H2,1-3H3,(H,14,16). The van der Waals surface area contributed by atoms with Gasteiger partial charge in [-0.3, -0.25) is 0 Å². The van der Waals surface area contributed by atoms with Gasteiger partial charge in [0.25, 0.3) is 0 Å². The number of alkyl carbamates (subject to hydrolysis) is 1. The molecular formula is C12H24N2O3. The molecule has 5 nitrogen and oxygen atoms in total. The SMILES string of the molecule is CC(C)(C)OC(=O)NC(CO)C1CCCCN1. The highest BCUT2D eigenvalue weighted by atomic mass is 16.6. The third kappa shape index (κ3) is 5.37. The second-order valence-electron chi connectivity index (χ2n) is 5.49. The van der Waals surface area contributed by atoms with E-state index in [1.54, 1.807) is 0 Å². The first-order valence-corrected chi connectivity index (χ1v) is 6.26. The van der Waals surface area contributed by atoms with Gasteiger partial charge in [0, 0.05) is 6.04 Å². The number of carbonyl (C=O) groups excluding carboxylic acids is 1. The molecule has 3 N–H and O–H groups in total.